The summed E-state index contributed by atoms with van der Waals surface area (Å²) in [5, 5.41) is 6.17. The van der Waals surface area contributed by atoms with Gasteiger partial charge in [0.25, 0.3) is 0 Å². The zero-order chi connectivity index (χ0) is 14.5. The molecule has 0 atom stereocenters. The van der Waals surface area contributed by atoms with Crippen molar-refractivity contribution in [3.8, 4) is 0 Å². The van der Waals surface area contributed by atoms with Crippen molar-refractivity contribution in [1.29, 1.82) is 0 Å². The third-order valence-corrected chi connectivity index (χ3v) is 4.16. The molecule has 20 heavy (non-hydrogen) atoms. The van der Waals surface area contributed by atoms with Crippen LogP contribution in [0.15, 0.2) is 22.7 Å². The molecule has 0 aromatic heterocycles. The smallest absolute Gasteiger partial charge is 0.239 e. The Bertz CT molecular complexity index is 474. The SMILES string of the molecule is CCN(CC(=O)NC)c1ccc(CNC2CC2)cc1Br. The number of anilines is 1. The monoisotopic (exact) mass is 339 g/mol. The van der Waals surface area contributed by atoms with E-state index in [4.69, 9.17) is 0 Å². The fourth-order valence-electron chi connectivity index (χ4n) is 2.09. The number of hydrogen-bond donors (Lipinski definition) is 2. The van der Waals surface area contributed by atoms with Crippen LogP contribution in [0.4, 0.5) is 5.69 Å². The van der Waals surface area contributed by atoms with Crippen molar-refractivity contribution in [3.05, 3.63) is 28.2 Å². The zero-order valence-electron chi connectivity index (χ0n) is 12.1. The average molecular weight is 340 g/mol. The molecule has 1 saturated carbocycles. The van der Waals surface area contributed by atoms with Gasteiger partial charge in [-0.2, -0.15) is 0 Å². The topological polar surface area (TPSA) is 44.4 Å². The standard InChI is InChI=1S/C15H22BrN3O/c1-3-19(10-15(20)17-2)14-7-4-11(8-13(14)16)9-18-12-5-6-12/h4,7-8,12,18H,3,5-6,9-10H2,1-2H3,(H,17,20). The van der Waals surface area contributed by atoms with Crippen LogP contribution >= 0.6 is 15.9 Å². The molecule has 2 N–H and O–H groups in total. The van der Waals surface area contributed by atoms with Gasteiger partial charge < -0.3 is 15.5 Å². The summed E-state index contributed by atoms with van der Waals surface area (Å²) in [6.45, 7) is 4.14. The average Bonchev–Trinajstić information content (AvgIpc) is 3.27. The van der Waals surface area contributed by atoms with Gasteiger partial charge >= 0.3 is 0 Å². The largest absolute Gasteiger partial charge is 0.362 e. The second-order valence-corrected chi connectivity index (χ2v) is 5.98. The van der Waals surface area contributed by atoms with Crippen molar-refractivity contribution < 1.29 is 4.79 Å². The van der Waals surface area contributed by atoms with Crippen LogP contribution in [0.2, 0.25) is 0 Å². The minimum atomic E-state index is 0.0261. The number of amides is 1. The maximum absolute atomic E-state index is 11.5. The molecule has 0 aliphatic heterocycles. The lowest BCUT2D eigenvalue weighted by Crippen LogP contribution is -2.35. The highest BCUT2D eigenvalue weighted by atomic mass is 79.9. The minimum Gasteiger partial charge on any atom is -0.362 e. The predicted molar refractivity (Wildman–Crippen MR) is 86.0 cm³/mol. The molecule has 0 spiro atoms. The van der Waals surface area contributed by atoms with Crippen LogP contribution in [0.1, 0.15) is 25.3 Å². The molecular weight excluding hydrogens is 318 g/mol. The van der Waals surface area contributed by atoms with E-state index in [-0.39, 0.29) is 5.91 Å². The summed E-state index contributed by atoms with van der Waals surface area (Å²) < 4.78 is 1.04. The van der Waals surface area contributed by atoms with Crippen molar-refractivity contribution in [3.63, 3.8) is 0 Å². The van der Waals surface area contributed by atoms with Crippen molar-refractivity contribution in [2.75, 3.05) is 25.0 Å². The van der Waals surface area contributed by atoms with Gasteiger partial charge in [0.2, 0.25) is 5.91 Å². The van der Waals surface area contributed by atoms with Crippen LogP contribution in [-0.4, -0.2) is 32.1 Å². The summed E-state index contributed by atoms with van der Waals surface area (Å²) in [6, 6.07) is 7.06. The molecule has 0 unspecified atom stereocenters. The second kappa shape index (κ2) is 7.09. The fourth-order valence-corrected chi connectivity index (χ4v) is 2.76. The molecule has 5 heteroatoms. The highest BCUT2D eigenvalue weighted by molar-refractivity contribution is 9.10. The molecule has 1 aromatic rings. The molecule has 1 fully saturated rings. The van der Waals surface area contributed by atoms with E-state index in [1.807, 2.05) is 0 Å². The Morgan fingerprint density at radius 1 is 1.45 bits per heavy atom. The Morgan fingerprint density at radius 3 is 2.75 bits per heavy atom. The normalized spacial score (nSPS) is 14.2. The second-order valence-electron chi connectivity index (χ2n) is 5.13. The lowest BCUT2D eigenvalue weighted by atomic mass is 10.2. The van der Waals surface area contributed by atoms with Gasteiger partial charge in [-0.15, -0.1) is 0 Å². The van der Waals surface area contributed by atoms with E-state index in [9.17, 15) is 4.79 Å². The van der Waals surface area contributed by atoms with E-state index in [2.05, 4.69) is 56.6 Å². The number of carbonyl (C=O) groups excluding carboxylic acids is 1. The Morgan fingerprint density at radius 2 is 2.20 bits per heavy atom. The van der Waals surface area contributed by atoms with Crippen molar-refractivity contribution in [2.45, 2.75) is 32.4 Å². The maximum Gasteiger partial charge on any atom is 0.239 e. The molecule has 1 aliphatic rings. The lowest BCUT2D eigenvalue weighted by molar-refractivity contribution is -0.119. The molecule has 4 nitrogen and oxygen atoms in total. The van der Waals surface area contributed by atoms with Crippen LogP contribution in [0.5, 0.6) is 0 Å². The first-order valence-electron chi connectivity index (χ1n) is 7.11. The third kappa shape index (κ3) is 4.21. The zero-order valence-corrected chi connectivity index (χ0v) is 13.7. The number of carbonyl (C=O) groups is 1. The predicted octanol–water partition coefficient (Wildman–Crippen LogP) is 2.27. The molecule has 0 heterocycles. The summed E-state index contributed by atoms with van der Waals surface area (Å²) in [5.41, 5.74) is 2.33. The molecule has 1 aromatic carbocycles. The first kappa shape index (κ1) is 15.3. The number of hydrogen-bond acceptors (Lipinski definition) is 3. The molecule has 2 rings (SSSR count). The van der Waals surface area contributed by atoms with Gasteiger partial charge in [-0.05, 0) is 53.4 Å². The van der Waals surface area contributed by atoms with Gasteiger partial charge in [0.05, 0.1) is 12.2 Å². The number of nitrogens with one attached hydrogen (secondary N) is 2. The summed E-state index contributed by atoms with van der Waals surface area (Å²) in [7, 11) is 1.66. The number of halogens is 1. The molecular formula is C15H22BrN3O. The van der Waals surface area contributed by atoms with E-state index >= 15 is 0 Å². The third-order valence-electron chi connectivity index (χ3n) is 3.52. The Hall–Kier alpha value is -1.07. The lowest BCUT2D eigenvalue weighted by Gasteiger charge is -2.23. The maximum atomic E-state index is 11.5. The molecule has 0 saturated heterocycles. The van der Waals surface area contributed by atoms with Gasteiger partial charge in [-0.3, -0.25) is 4.79 Å². The van der Waals surface area contributed by atoms with E-state index in [0.717, 1.165) is 23.2 Å². The van der Waals surface area contributed by atoms with Gasteiger partial charge in [-0.1, -0.05) is 6.07 Å². The van der Waals surface area contributed by atoms with E-state index in [0.29, 0.717) is 12.6 Å². The highest BCUT2D eigenvalue weighted by Crippen LogP contribution is 2.28. The highest BCUT2D eigenvalue weighted by Gasteiger charge is 2.20. The number of rotatable bonds is 7. The summed E-state index contributed by atoms with van der Waals surface area (Å²) in [4.78, 5) is 13.6. The number of benzene rings is 1. The van der Waals surface area contributed by atoms with Crippen molar-refractivity contribution >= 4 is 27.5 Å². The fraction of sp³-hybridized carbons (Fsp3) is 0.533. The van der Waals surface area contributed by atoms with Gasteiger partial charge in [0.1, 0.15) is 0 Å². The van der Waals surface area contributed by atoms with E-state index in [1.54, 1.807) is 7.05 Å². The Balaban J connectivity index is 2.03. The molecule has 110 valence electrons. The summed E-state index contributed by atoms with van der Waals surface area (Å²) in [6.07, 6.45) is 2.60. The summed E-state index contributed by atoms with van der Waals surface area (Å²) in [5.74, 6) is 0.0261. The van der Waals surface area contributed by atoms with Crippen LogP contribution < -0.4 is 15.5 Å². The van der Waals surface area contributed by atoms with Gasteiger partial charge in [0.15, 0.2) is 0 Å². The Kier molecular flexibility index (Phi) is 5.43. The summed E-state index contributed by atoms with van der Waals surface area (Å²) >= 11 is 3.62. The van der Waals surface area contributed by atoms with Crippen LogP contribution in [-0.2, 0) is 11.3 Å². The van der Waals surface area contributed by atoms with Gasteiger partial charge in [-0.25, -0.2) is 0 Å². The Labute approximate surface area is 129 Å². The first-order chi connectivity index (χ1) is 9.63. The van der Waals surface area contributed by atoms with Crippen LogP contribution in [0.3, 0.4) is 0 Å². The van der Waals surface area contributed by atoms with Crippen LogP contribution in [0.25, 0.3) is 0 Å². The number of nitrogens with zero attached hydrogens (tertiary/aromatic N) is 1. The van der Waals surface area contributed by atoms with Crippen LogP contribution in [0, 0.1) is 0 Å². The van der Waals surface area contributed by atoms with E-state index in [1.165, 1.54) is 18.4 Å². The quantitative estimate of drug-likeness (QED) is 0.800. The number of likely N-dealkylation sites (N-methyl/N-ethyl adjacent to an activating group) is 2. The van der Waals surface area contributed by atoms with E-state index < -0.39 is 0 Å². The molecule has 0 radical (unpaired) electrons. The minimum absolute atomic E-state index is 0.0261. The van der Waals surface area contributed by atoms with Gasteiger partial charge in [0, 0.05) is 30.7 Å². The molecule has 0 bridgehead atoms. The van der Waals surface area contributed by atoms with Crippen molar-refractivity contribution in [1.82, 2.24) is 10.6 Å². The van der Waals surface area contributed by atoms with Crippen molar-refractivity contribution in [2.24, 2.45) is 0 Å². The first-order valence-corrected chi connectivity index (χ1v) is 7.90. The molecule has 1 aliphatic carbocycles. The molecule has 1 amide bonds.